The van der Waals surface area contributed by atoms with Crippen LogP contribution < -0.4 is 11.0 Å². The molecule has 1 amide bonds. The molecule has 0 spiro atoms. The van der Waals surface area contributed by atoms with Crippen molar-refractivity contribution in [3.63, 3.8) is 0 Å². The number of benzene rings is 3. The van der Waals surface area contributed by atoms with Gasteiger partial charge in [-0.3, -0.25) is 19.8 Å². The van der Waals surface area contributed by atoms with Gasteiger partial charge in [0, 0.05) is 52.6 Å². The molecule has 2 heterocycles. The van der Waals surface area contributed by atoms with Crippen LogP contribution in [0.1, 0.15) is 34.3 Å². The van der Waals surface area contributed by atoms with E-state index in [2.05, 4.69) is 22.1 Å². The molecule has 8 heteroatoms. The smallest absolute Gasteiger partial charge is 0.313 e. The average Bonchev–Trinajstić information content (AvgIpc) is 3.25. The quantitative estimate of drug-likeness (QED) is 0.286. The minimum atomic E-state index is -0.679. The van der Waals surface area contributed by atoms with Crippen LogP contribution in [0.4, 0.5) is 0 Å². The van der Waals surface area contributed by atoms with E-state index in [1.165, 1.54) is 10.7 Å². The van der Waals surface area contributed by atoms with Crippen LogP contribution in [0.25, 0.3) is 21.8 Å². The molecular weight excluding hydrogens is 502 g/mol. The second-order valence-corrected chi connectivity index (χ2v) is 9.60. The van der Waals surface area contributed by atoms with Gasteiger partial charge in [0.2, 0.25) is 0 Å². The first-order chi connectivity index (χ1) is 18.3. The minimum Gasteiger partial charge on any atom is -0.465 e. The Morgan fingerprint density at radius 1 is 0.947 bits per heavy atom. The van der Waals surface area contributed by atoms with Crippen LogP contribution in [0.5, 0.6) is 0 Å². The molecule has 1 unspecified atom stereocenters. The van der Waals surface area contributed by atoms with Crippen molar-refractivity contribution in [3.8, 4) is 0 Å². The number of rotatable bonds is 7. The molecule has 0 aliphatic carbocycles. The number of nitrogens with one attached hydrogen (secondary N) is 1. The Labute approximate surface area is 224 Å². The highest BCUT2D eigenvalue weighted by Crippen LogP contribution is 2.26. The zero-order valence-electron chi connectivity index (χ0n) is 21.0. The van der Waals surface area contributed by atoms with E-state index in [0.717, 1.165) is 16.5 Å². The number of carbonyl (C=O) groups is 2. The number of pyridine rings is 1. The van der Waals surface area contributed by atoms with Crippen LogP contribution in [0.2, 0.25) is 5.02 Å². The lowest BCUT2D eigenvalue weighted by atomic mass is 9.97. The maximum absolute atomic E-state index is 13.1. The van der Waals surface area contributed by atoms with Crippen LogP contribution in [0.3, 0.4) is 0 Å². The Morgan fingerprint density at radius 2 is 1.61 bits per heavy atom. The summed E-state index contributed by atoms with van der Waals surface area (Å²) in [5.74, 6) is -1.55. The van der Waals surface area contributed by atoms with E-state index >= 15 is 0 Å². The number of amides is 1. The van der Waals surface area contributed by atoms with Gasteiger partial charge in [-0.2, -0.15) is 0 Å². The normalized spacial score (nSPS) is 12.0. The van der Waals surface area contributed by atoms with Gasteiger partial charge in [0.15, 0.2) is 0 Å². The van der Waals surface area contributed by atoms with E-state index in [1.54, 1.807) is 43.3 Å². The molecule has 0 bridgehead atoms. The standard InChI is InChI=1S/C30H26ClN3O4/c1-19(30(37)38-16-15-21-18-33(2)26-9-5-3-7-23(21)26)25-17-28(35)34(27-10-6-4-8-24(25)27)32-29(36)20-11-13-22(31)14-12-20/h3-14,17-19H,15-16H2,1-2H3,(H,32,36). The number of aryl methyl sites for hydroxylation is 1. The van der Waals surface area contributed by atoms with Crippen molar-refractivity contribution in [1.29, 1.82) is 0 Å². The van der Waals surface area contributed by atoms with Crippen LogP contribution in [-0.4, -0.2) is 27.7 Å². The van der Waals surface area contributed by atoms with Crippen molar-refractivity contribution in [1.82, 2.24) is 9.24 Å². The first-order valence-corrected chi connectivity index (χ1v) is 12.6. The summed E-state index contributed by atoms with van der Waals surface area (Å²) in [5, 5.41) is 2.31. The van der Waals surface area contributed by atoms with Crippen LogP contribution in [-0.2, 0) is 23.0 Å². The van der Waals surface area contributed by atoms with Crippen molar-refractivity contribution in [2.24, 2.45) is 7.05 Å². The van der Waals surface area contributed by atoms with E-state index in [1.807, 2.05) is 37.5 Å². The number of carbonyl (C=O) groups excluding carboxylic acids is 2. The zero-order chi connectivity index (χ0) is 26.8. The predicted octanol–water partition coefficient (Wildman–Crippen LogP) is 5.42. The van der Waals surface area contributed by atoms with Crippen LogP contribution in [0.15, 0.2) is 89.9 Å². The van der Waals surface area contributed by atoms with Gasteiger partial charge in [-0.05, 0) is 54.4 Å². The Hall–Kier alpha value is -4.36. The predicted molar refractivity (Wildman–Crippen MR) is 149 cm³/mol. The van der Waals surface area contributed by atoms with Crippen LogP contribution in [0, 0.1) is 0 Å². The summed E-state index contributed by atoms with van der Waals surface area (Å²) in [6.07, 6.45) is 2.63. The molecule has 5 aromatic rings. The second-order valence-electron chi connectivity index (χ2n) is 9.16. The summed E-state index contributed by atoms with van der Waals surface area (Å²) >= 11 is 5.91. The summed E-state index contributed by atoms with van der Waals surface area (Å²) in [6.45, 7) is 1.95. The number of nitrogens with zero attached hydrogens (tertiary/aromatic N) is 2. The van der Waals surface area contributed by atoms with E-state index in [4.69, 9.17) is 16.3 Å². The Bertz CT molecular complexity index is 1720. The lowest BCUT2D eigenvalue weighted by Crippen LogP contribution is -2.34. The van der Waals surface area contributed by atoms with Crippen molar-refractivity contribution < 1.29 is 14.3 Å². The molecule has 0 saturated heterocycles. The molecule has 0 saturated carbocycles. The van der Waals surface area contributed by atoms with E-state index in [9.17, 15) is 14.4 Å². The minimum absolute atomic E-state index is 0.226. The molecule has 38 heavy (non-hydrogen) atoms. The fraction of sp³-hybridized carbons (Fsp3) is 0.167. The van der Waals surface area contributed by atoms with Gasteiger partial charge in [-0.25, -0.2) is 4.68 Å². The first-order valence-electron chi connectivity index (χ1n) is 12.2. The van der Waals surface area contributed by atoms with E-state index in [-0.39, 0.29) is 6.61 Å². The van der Waals surface area contributed by atoms with Gasteiger partial charge < -0.3 is 9.30 Å². The van der Waals surface area contributed by atoms with Crippen molar-refractivity contribution >= 4 is 45.3 Å². The number of fused-ring (bicyclic) bond motifs is 2. The number of ether oxygens (including phenoxy) is 1. The SMILES string of the molecule is CC(C(=O)OCCc1cn(C)c2ccccc12)c1cc(=O)n(NC(=O)c2ccc(Cl)cc2)c2ccccc12. The van der Waals surface area contributed by atoms with Gasteiger partial charge in [0.1, 0.15) is 0 Å². The summed E-state index contributed by atoms with van der Waals surface area (Å²) in [7, 11) is 1.99. The second kappa shape index (κ2) is 10.6. The summed E-state index contributed by atoms with van der Waals surface area (Å²) in [4.78, 5) is 38.9. The fourth-order valence-electron chi connectivity index (χ4n) is 4.69. The number of aromatic nitrogens is 2. The van der Waals surface area contributed by atoms with Gasteiger partial charge >= 0.3 is 5.97 Å². The largest absolute Gasteiger partial charge is 0.465 e. The van der Waals surface area contributed by atoms with Gasteiger partial charge in [0.25, 0.3) is 11.5 Å². The molecular formula is C30H26ClN3O4. The Balaban J connectivity index is 1.35. The zero-order valence-corrected chi connectivity index (χ0v) is 21.7. The molecule has 0 aliphatic rings. The van der Waals surface area contributed by atoms with Crippen molar-refractivity contribution in [3.05, 3.63) is 117 Å². The Kier molecular flexibility index (Phi) is 7.03. The molecule has 192 valence electrons. The van der Waals surface area contributed by atoms with Gasteiger partial charge in [-0.15, -0.1) is 0 Å². The molecule has 3 aromatic carbocycles. The molecule has 7 nitrogen and oxygen atoms in total. The summed E-state index contributed by atoms with van der Waals surface area (Å²) in [6, 6.07) is 23.0. The summed E-state index contributed by atoms with van der Waals surface area (Å²) < 4.78 is 8.88. The molecule has 1 N–H and O–H groups in total. The lowest BCUT2D eigenvalue weighted by molar-refractivity contribution is -0.144. The monoisotopic (exact) mass is 527 g/mol. The molecule has 0 fully saturated rings. The highest BCUT2D eigenvalue weighted by Gasteiger charge is 2.22. The third-order valence-corrected chi connectivity index (χ3v) is 6.94. The van der Waals surface area contributed by atoms with Crippen LogP contribution >= 0.6 is 11.6 Å². The molecule has 5 rings (SSSR count). The number of esters is 1. The van der Waals surface area contributed by atoms with Crippen molar-refractivity contribution in [2.75, 3.05) is 12.0 Å². The van der Waals surface area contributed by atoms with E-state index in [0.29, 0.717) is 33.5 Å². The van der Waals surface area contributed by atoms with Gasteiger partial charge in [-0.1, -0.05) is 48.0 Å². The fourth-order valence-corrected chi connectivity index (χ4v) is 4.81. The summed E-state index contributed by atoms with van der Waals surface area (Å²) in [5.41, 5.74) is 5.80. The topological polar surface area (TPSA) is 82.3 Å². The van der Waals surface area contributed by atoms with E-state index < -0.39 is 23.4 Å². The molecule has 2 aromatic heterocycles. The number of para-hydroxylation sites is 2. The van der Waals surface area contributed by atoms with Gasteiger partial charge in [0.05, 0.1) is 18.0 Å². The maximum atomic E-state index is 13.1. The third kappa shape index (κ3) is 4.93. The number of hydrogen-bond donors (Lipinski definition) is 1. The lowest BCUT2D eigenvalue weighted by Gasteiger charge is -2.17. The van der Waals surface area contributed by atoms with Crippen molar-refractivity contribution in [2.45, 2.75) is 19.3 Å². The number of halogens is 1. The molecule has 1 atom stereocenters. The maximum Gasteiger partial charge on any atom is 0.313 e. The molecule has 0 aliphatic heterocycles. The highest BCUT2D eigenvalue weighted by atomic mass is 35.5. The number of hydrogen-bond acceptors (Lipinski definition) is 4. The Morgan fingerprint density at radius 3 is 2.34 bits per heavy atom. The first kappa shape index (κ1) is 25.3. The highest BCUT2D eigenvalue weighted by molar-refractivity contribution is 6.30. The molecule has 0 radical (unpaired) electrons. The average molecular weight is 528 g/mol. The third-order valence-electron chi connectivity index (χ3n) is 6.69.